The van der Waals surface area contributed by atoms with Crippen LogP contribution >= 0.6 is 0 Å². The molecule has 0 spiro atoms. The lowest BCUT2D eigenvalue weighted by Gasteiger charge is -2.45. The van der Waals surface area contributed by atoms with Crippen LogP contribution < -0.4 is 5.73 Å². The summed E-state index contributed by atoms with van der Waals surface area (Å²) in [6.07, 6.45) is 0.700. The molecule has 3 atom stereocenters. The second-order valence-corrected chi connectivity index (χ2v) is 5.19. The van der Waals surface area contributed by atoms with Gasteiger partial charge in [-0.05, 0) is 20.3 Å². The van der Waals surface area contributed by atoms with Crippen LogP contribution in [0.3, 0.4) is 0 Å². The molecule has 18 heavy (non-hydrogen) atoms. The number of carbonyl (C=O) groups excluding carboxylic acids is 1. The van der Waals surface area contributed by atoms with Crippen molar-refractivity contribution in [3.05, 3.63) is 0 Å². The summed E-state index contributed by atoms with van der Waals surface area (Å²) >= 11 is 0. The summed E-state index contributed by atoms with van der Waals surface area (Å²) in [5, 5.41) is 0. The number of piperazine rings is 1. The molecule has 106 valence electrons. The van der Waals surface area contributed by atoms with Crippen molar-refractivity contribution in [3.63, 3.8) is 0 Å². The Kier molecular flexibility index (Phi) is 6.05. The van der Waals surface area contributed by atoms with E-state index in [0.717, 1.165) is 26.2 Å². The largest absolute Gasteiger partial charge is 0.383 e. The molecular weight excluding hydrogens is 230 g/mol. The molecule has 0 aromatic rings. The molecule has 1 heterocycles. The molecule has 1 saturated heterocycles. The fraction of sp³-hybridized carbons (Fsp3) is 0.923. The van der Waals surface area contributed by atoms with Gasteiger partial charge in [0.15, 0.2) is 0 Å². The zero-order valence-corrected chi connectivity index (χ0v) is 12.1. The van der Waals surface area contributed by atoms with E-state index in [1.807, 2.05) is 11.8 Å². The highest BCUT2D eigenvalue weighted by atomic mass is 16.5. The number of methoxy groups -OCH3 is 1. The van der Waals surface area contributed by atoms with Crippen molar-refractivity contribution >= 4 is 5.91 Å². The minimum absolute atomic E-state index is 0.0857. The van der Waals surface area contributed by atoms with Crippen LogP contribution in [0.1, 0.15) is 27.2 Å². The molecule has 0 bridgehead atoms. The van der Waals surface area contributed by atoms with Gasteiger partial charge >= 0.3 is 0 Å². The third-order valence-corrected chi connectivity index (χ3v) is 3.72. The Labute approximate surface area is 110 Å². The van der Waals surface area contributed by atoms with Gasteiger partial charge < -0.3 is 15.4 Å². The van der Waals surface area contributed by atoms with E-state index in [9.17, 15) is 4.79 Å². The quantitative estimate of drug-likeness (QED) is 0.769. The number of hydrogen-bond acceptors (Lipinski definition) is 4. The van der Waals surface area contributed by atoms with E-state index in [0.29, 0.717) is 18.5 Å². The fourth-order valence-electron chi connectivity index (χ4n) is 2.58. The minimum Gasteiger partial charge on any atom is -0.383 e. The van der Waals surface area contributed by atoms with Crippen LogP contribution in [-0.2, 0) is 9.53 Å². The molecule has 0 aromatic heterocycles. The second-order valence-electron chi connectivity index (χ2n) is 5.19. The van der Waals surface area contributed by atoms with Crippen molar-refractivity contribution in [3.8, 4) is 0 Å². The van der Waals surface area contributed by atoms with Crippen LogP contribution in [0.4, 0.5) is 0 Å². The maximum absolute atomic E-state index is 12.1. The molecule has 1 fully saturated rings. The number of amides is 1. The van der Waals surface area contributed by atoms with Gasteiger partial charge in [-0.25, -0.2) is 0 Å². The van der Waals surface area contributed by atoms with Gasteiger partial charge in [-0.1, -0.05) is 6.92 Å². The summed E-state index contributed by atoms with van der Waals surface area (Å²) in [6, 6.07) is 0.365. The predicted molar refractivity (Wildman–Crippen MR) is 72.4 cm³/mol. The van der Waals surface area contributed by atoms with Gasteiger partial charge in [0.1, 0.15) is 0 Å². The summed E-state index contributed by atoms with van der Waals surface area (Å²) in [6.45, 7) is 9.44. The van der Waals surface area contributed by atoms with Gasteiger partial charge in [0.2, 0.25) is 5.91 Å². The summed E-state index contributed by atoms with van der Waals surface area (Å²) < 4.78 is 5.13. The lowest BCUT2D eigenvalue weighted by Crippen LogP contribution is -2.60. The van der Waals surface area contributed by atoms with Gasteiger partial charge in [0, 0.05) is 38.8 Å². The van der Waals surface area contributed by atoms with Gasteiger partial charge in [0.05, 0.1) is 12.6 Å². The Balaban J connectivity index is 2.58. The lowest BCUT2D eigenvalue weighted by atomic mass is 10.1. The smallest absolute Gasteiger partial charge is 0.239 e. The Morgan fingerprint density at radius 3 is 2.39 bits per heavy atom. The normalized spacial score (nSPS) is 27.3. The molecular formula is C13H27N3O2. The molecule has 5 nitrogen and oxygen atoms in total. The van der Waals surface area contributed by atoms with E-state index in [2.05, 4.69) is 18.7 Å². The van der Waals surface area contributed by atoms with Crippen LogP contribution in [0.5, 0.6) is 0 Å². The van der Waals surface area contributed by atoms with Gasteiger partial charge in [-0.2, -0.15) is 0 Å². The molecule has 0 aromatic carbocycles. The van der Waals surface area contributed by atoms with Crippen molar-refractivity contribution in [2.45, 2.75) is 45.3 Å². The topological polar surface area (TPSA) is 58.8 Å². The molecule has 5 heteroatoms. The first-order valence-electron chi connectivity index (χ1n) is 6.80. The average molecular weight is 257 g/mol. The molecule has 1 aliphatic rings. The lowest BCUT2D eigenvalue weighted by molar-refractivity contribution is -0.137. The third-order valence-electron chi connectivity index (χ3n) is 3.72. The standard InChI is InChI=1S/C13H27N3O2/c1-5-12(14)13(17)15-8-10(2)16(6-7-18-4)11(3)9-15/h10-12H,5-9,14H2,1-4H3/t10-,11+,12-/m1/s1. The van der Waals surface area contributed by atoms with E-state index in [4.69, 9.17) is 10.5 Å². The van der Waals surface area contributed by atoms with Crippen molar-refractivity contribution in [1.29, 1.82) is 0 Å². The number of rotatable bonds is 5. The van der Waals surface area contributed by atoms with E-state index >= 15 is 0 Å². The first kappa shape index (κ1) is 15.4. The van der Waals surface area contributed by atoms with Gasteiger partial charge in [0.25, 0.3) is 0 Å². The molecule has 2 N–H and O–H groups in total. The summed E-state index contributed by atoms with van der Waals surface area (Å²) in [5.74, 6) is 0.0857. The number of carbonyl (C=O) groups is 1. The van der Waals surface area contributed by atoms with Crippen molar-refractivity contribution in [1.82, 2.24) is 9.80 Å². The maximum atomic E-state index is 12.1. The van der Waals surface area contributed by atoms with Crippen LogP contribution in [0, 0.1) is 0 Å². The number of ether oxygens (including phenoxy) is 1. The number of nitrogens with zero attached hydrogens (tertiary/aromatic N) is 2. The highest BCUT2D eigenvalue weighted by molar-refractivity contribution is 5.81. The minimum atomic E-state index is -0.352. The summed E-state index contributed by atoms with van der Waals surface area (Å²) in [5.41, 5.74) is 5.83. The Morgan fingerprint density at radius 1 is 1.39 bits per heavy atom. The van der Waals surface area contributed by atoms with Crippen LogP contribution in [0.25, 0.3) is 0 Å². The zero-order chi connectivity index (χ0) is 13.7. The molecule has 0 aliphatic carbocycles. The summed E-state index contributed by atoms with van der Waals surface area (Å²) in [7, 11) is 1.72. The molecule has 1 aliphatic heterocycles. The first-order valence-corrected chi connectivity index (χ1v) is 6.80. The van der Waals surface area contributed by atoms with E-state index in [-0.39, 0.29) is 11.9 Å². The van der Waals surface area contributed by atoms with E-state index < -0.39 is 0 Å². The van der Waals surface area contributed by atoms with Crippen LogP contribution in [0.15, 0.2) is 0 Å². The number of hydrogen-bond donors (Lipinski definition) is 1. The molecule has 1 amide bonds. The average Bonchev–Trinajstić information content (AvgIpc) is 2.35. The predicted octanol–water partition coefficient (Wildman–Crippen LogP) is 0.291. The second kappa shape index (κ2) is 7.07. The molecule has 0 saturated carbocycles. The zero-order valence-electron chi connectivity index (χ0n) is 12.1. The highest BCUT2D eigenvalue weighted by Gasteiger charge is 2.32. The Bertz CT molecular complexity index is 261. The Morgan fingerprint density at radius 2 is 1.94 bits per heavy atom. The molecule has 0 radical (unpaired) electrons. The summed E-state index contributed by atoms with van der Waals surface area (Å²) in [4.78, 5) is 16.4. The highest BCUT2D eigenvalue weighted by Crippen LogP contribution is 2.16. The van der Waals surface area contributed by atoms with Crippen molar-refractivity contribution < 1.29 is 9.53 Å². The third kappa shape index (κ3) is 3.67. The maximum Gasteiger partial charge on any atom is 0.239 e. The Hall–Kier alpha value is -0.650. The van der Waals surface area contributed by atoms with Gasteiger partial charge in [-0.15, -0.1) is 0 Å². The SMILES string of the molecule is CC[C@@H](N)C(=O)N1C[C@@H](C)N(CCOC)[C@@H](C)C1. The fourth-order valence-corrected chi connectivity index (χ4v) is 2.58. The monoisotopic (exact) mass is 257 g/mol. The molecule has 0 unspecified atom stereocenters. The van der Waals surface area contributed by atoms with Crippen LogP contribution in [0.2, 0.25) is 0 Å². The van der Waals surface area contributed by atoms with Gasteiger partial charge in [-0.3, -0.25) is 9.69 Å². The van der Waals surface area contributed by atoms with E-state index in [1.54, 1.807) is 7.11 Å². The van der Waals surface area contributed by atoms with Crippen molar-refractivity contribution in [2.24, 2.45) is 5.73 Å². The molecule has 1 rings (SSSR count). The van der Waals surface area contributed by atoms with Crippen molar-refractivity contribution in [2.75, 3.05) is 33.4 Å². The van der Waals surface area contributed by atoms with E-state index in [1.165, 1.54) is 0 Å². The number of nitrogens with two attached hydrogens (primary N) is 1. The van der Waals surface area contributed by atoms with Crippen LogP contribution in [-0.4, -0.2) is 67.2 Å². The first-order chi connectivity index (χ1) is 8.51.